The molecule has 18 heavy (non-hydrogen) atoms. The molecule has 0 amide bonds. The predicted molar refractivity (Wildman–Crippen MR) is 71.8 cm³/mol. The van der Waals surface area contributed by atoms with Crippen LogP contribution in [-0.2, 0) is 6.42 Å². The Bertz CT molecular complexity index is 371. The van der Waals surface area contributed by atoms with Crippen LogP contribution in [0.2, 0.25) is 0 Å². The summed E-state index contributed by atoms with van der Waals surface area (Å²) in [6.07, 6.45) is 2.74. The lowest BCUT2D eigenvalue weighted by molar-refractivity contribution is 0.348. The number of rotatable bonds is 7. The summed E-state index contributed by atoms with van der Waals surface area (Å²) < 4.78 is 19.0. The van der Waals surface area contributed by atoms with Gasteiger partial charge >= 0.3 is 0 Å². The third-order valence-corrected chi connectivity index (χ3v) is 3.35. The molecule has 0 aromatic heterocycles. The molecule has 1 aromatic carbocycles. The van der Waals surface area contributed by atoms with Gasteiger partial charge in [-0.05, 0) is 30.4 Å². The maximum atomic E-state index is 14.0. The van der Waals surface area contributed by atoms with Crippen molar-refractivity contribution in [3.8, 4) is 5.75 Å². The Morgan fingerprint density at radius 1 is 1.44 bits per heavy atom. The summed E-state index contributed by atoms with van der Waals surface area (Å²) in [4.78, 5) is 0. The molecule has 0 aliphatic carbocycles. The first kappa shape index (κ1) is 14.9. The first-order valence-electron chi connectivity index (χ1n) is 6.41. The number of ether oxygens (including phenoxy) is 1. The monoisotopic (exact) mass is 254 g/mol. The summed E-state index contributed by atoms with van der Waals surface area (Å²) in [5.74, 6) is 5.97. The molecule has 3 N–H and O–H groups in total. The van der Waals surface area contributed by atoms with E-state index in [1.165, 1.54) is 7.11 Å². The zero-order valence-corrected chi connectivity index (χ0v) is 11.4. The molecule has 0 aliphatic heterocycles. The molecule has 0 heterocycles. The van der Waals surface area contributed by atoms with Gasteiger partial charge in [0.2, 0.25) is 0 Å². The van der Waals surface area contributed by atoms with E-state index in [4.69, 9.17) is 10.6 Å². The number of hydrazine groups is 1. The number of hydrogen-bond acceptors (Lipinski definition) is 3. The second kappa shape index (κ2) is 7.34. The van der Waals surface area contributed by atoms with Crippen LogP contribution < -0.4 is 16.0 Å². The van der Waals surface area contributed by atoms with Gasteiger partial charge < -0.3 is 4.74 Å². The van der Waals surface area contributed by atoms with Crippen LogP contribution in [0.3, 0.4) is 0 Å². The lowest BCUT2D eigenvalue weighted by Crippen LogP contribution is -2.41. The smallest absolute Gasteiger partial charge is 0.168 e. The molecular weight excluding hydrogens is 231 g/mol. The van der Waals surface area contributed by atoms with Crippen molar-refractivity contribution in [2.75, 3.05) is 7.11 Å². The molecule has 1 aromatic rings. The molecule has 0 spiro atoms. The fraction of sp³-hybridized carbons (Fsp3) is 0.571. The SMILES string of the molecule is CCCC(C)C(Cc1cccc(OC)c1F)NN. The molecule has 2 unspecified atom stereocenters. The first-order chi connectivity index (χ1) is 8.63. The zero-order valence-electron chi connectivity index (χ0n) is 11.4. The van der Waals surface area contributed by atoms with Crippen LogP contribution in [0, 0.1) is 11.7 Å². The number of nitrogens with one attached hydrogen (secondary N) is 1. The molecule has 0 saturated carbocycles. The van der Waals surface area contributed by atoms with Crippen LogP contribution in [0.15, 0.2) is 18.2 Å². The molecular formula is C14H23FN2O. The molecule has 4 heteroatoms. The van der Waals surface area contributed by atoms with Gasteiger partial charge in [-0.3, -0.25) is 11.3 Å². The molecule has 0 bridgehead atoms. The molecule has 3 nitrogen and oxygen atoms in total. The molecule has 2 atom stereocenters. The highest BCUT2D eigenvalue weighted by Crippen LogP contribution is 2.23. The molecule has 0 fully saturated rings. The Kier molecular flexibility index (Phi) is 6.09. The van der Waals surface area contributed by atoms with Gasteiger partial charge in [0.15, 0.2) is 11.6 Å². The second-order valence-corrected chi connectivity index (χ2v) is 4.68. The minimum atomic E-state index is -0.288. The van der Waals surface area contributed by atoms with Crippen LogP contribution in [-0.4, -0.2) is 13.2 Å². The number of benzene rings is 1. The standard InChI is InChI=1S/C14H23FN2O/c1-4-6-10(2)12(17-16)9-11-7-5-8-13(18-3)14(11)15/h5,7-8,10,12,17H,4,6,9,16H2,1-3H3. The van der Waals surface area contributed by atoms with E-state index >= 15 is 0 Å². The van der Waals surface area contributed by atoms with Gasteiger partial charge in [-0.1, -0.05) is 32.4 Å². The largest absolute Gasteiger partial charge is 0.494 e. The maximum Gasteiger partial charge on any atom is 0.168 e. The number of halogens is 1. The fourth-order valence-corrected chi connectivity index (χ4v) is 2.19. The Morgan fingerprint density at radius 3 is 2.72 bits per heavy atom. The van der Waals surface area contributed by atoms with Gasteiger partial charge in [0.25, 0.3) is 0 Å². The quantitative estimate of drug-likeness (QED) is 0.581. The van der Waals surface area contributed by atoms with Gasteiger partial charge in [-0.15, -0.1) is 0 Å². The highest BCUT2D eigenvalue weighted by molar-refractivity contribution is 5.31. The highest BCUT2D eigenvalue weighted by Gasteiger charge is 2.18. The van der Waals surface area contributed by atoms with Crippen LogP contribution in [0.5, 0.6) is 5.75 Å². The number of methoxy groups -OCH3 is 1. The summed E-state index contributed by atoms with van der Waals surface area (Å²) in [6.45, 7) is 4.27. The van der Waals surface area contributed by atoms with Gasteiger partial charge in [0.05, 0.1) is 7.11 Å². The average molecular weight is 254 g/mol. The Hall–Kier alpha value is -1.13. The third-order valence-electron chi connectivity index (χ3n) is 3.35. The van der Waals surface area contributed by atoms with E-state index in [1.807, 2.05) is 0 Å². The van der Waals surface area contributed by atoms with Crippen molar-refractivity contribution in [2.45, 2.75) is 39.2 Å². The summed E-state index contributed by atoms with van der Waals surface area (Å²) in [6, 6.07) is 5.28. The summed E-state index contributed by atoms with van der Waals surface area (Å²) in [7, 11) is 1.47. The van der Waals surface area contributed by atoms with Crippen molar-refractivity contribution in [1.29, 1.82) is 0 Å². The van der Waals surface area contributed by atoms with Crippen molar-refractivity contribution in [3.05, 3.63) is 29.6 Å². The number of hydrogen-bond donors (Lipinski definition) is 2. The minimum Gasteiger partial charge on any atom is -0.494 e. The Balaban J connectivity index is 2.81. The van der Waals surface area contributed by atoms with Crippen molar-refractivity contribution in [2.24, 2.45) is 11.8 Å². The highest BCUT2D eigenvalue weighted by atomic mass is 19.1. The molecule has 0 radical (unpaired) electrons. The first-order valence-corrected chi connectivity index (χ1v) is 6.41. The minimum absolute atomic E-state index is 0.0755. The fourth-order valence-electron chi connectivity index (χ4n) is 2.19. The van der Waals surface area contributed by atoms with E-state index in [1.54, 1.807) is 18.2 Å². The van der Waals surface area contributed by atoms with Crippen molar-refractivity contribution in [1.82, 2.24) is 5.43 Å². The summed E-state index contributed by atoms with van der Waals surface area (Å²) >= 11 is 0. The summed E-state index contributed by atoms with van der Waals surface area (Å²) in [5.41, 5.74) is 3.43. The molecule has 102 valence electrons. The predicted octanol–water partition coefficient (Wildman–Crippen LogP) is 2.64. The van der Waals surface area contributed by atoms with Crippen molar-refractivity contribution < 1.29 is 9.13 Å². The maximum absolute atomic E-state index is 14.0. The normalized spacial score (nSPS) is 14.3. The van der Waals surface area contributed by atoms with E-state index in [0.29, 0.717) is 17.9 Å². The van der Waals surface area contributed by atoms with E-state index in [0.717, 1.165) is 12.8 Å². The van der Waals surface area contributed by atoms with Crippen LogP contribution in [0.1, 0.15) is 32.3 Å². The van der Waals surface area contributed by atoms with Gasteiger partial charge in [-0.25, -0.2) is 4.39 Å². The second-order valence-electron chi connectivity index (χ2n) is 4.68. The lowest BCUT2D eigenvalue weighted by Gasteiger charge is -2.23. The topological polar surface area (TPSA) is 47.3 Å². The average Bonchev–Trinajstić information content (AvgIpc) is 2.37. The van der Waals surface area contributed by atoms with Crippen molar-refractivity contribution >= 4 is 0 Å². The van der Waals surface area contributed by atoms with Gasteiger partial charge in [0.1, 0.15) is 0 Å². The van der Waals surface area contributed by atoms with Gasteiger partial charge in [0, 0.05) is 6.04 Å². The summed E-state index contributed by atoms with van der Waals surface area (Å²) in [5, 5.41) is 0. The van der Waals surface area contributed by atoms with Crippen LogP contribution >= 0.6 is 0 Å². The molecule has 0 aliphatic rings. The van der Waals surface area contributed by atoms with Crippen LogP contribution in [0.4, 0.5) is 4.39 Å². The third kappa shape index (κ3) is 3.68. The number of nitrogens with two attached hydrogens (primary N) is 1. The molecule has 1 rings (SSSR count). The zero-order chi connectivity index (χ0) is 13.5. The van der Waals surface area contributed by atoms with E-state index in [-0.39, 0.29) is 17.6 Å². The molecule has 0 saturated heterocycles. The van der Waals surface area contributed by atoms with E-state index < -0.39 is 0 Å². The lowest BCUT2D eigenvalue weighted by atomic mass is 9.92. The van der Waals surface area contributed by atoms with Gasteiger partial charge in [-0.2, -0.15) is 0 Å². The van der Waals surface area contributed by atoms with E-state index in [9.17, 15) is 4.39 Å². The van der Waals surface area contributed by atoms with Crippen molar-refractivity contribution in [3.63, 3.8) is 0 Å². The van der Waals surface area contributed by atoms with Crippen LogP contribution in [0.25, 0.3) is 0 Å². The Morgan fingerprint density at radius 2 is 2.17 bits per heavy atom. The Labute approximate surface area is 108 Å². The van der Waals surface area contributed by atoms with E-state index in [2.05, 4.69) is 19.3 Å².